The molecule has 0 fully saturated rings. The molecule has 1 aromatic carbocycles. The summed E-state index contributed by atoms with van der Waals surface area (Å²) in [6, 6.07) is 7.21. The van der Waals surface area contributed by atoms with E-state index in [0.717, 1.165) is 9.13 Å². The maximum atomic E-state index is 11.2. The van der Waals surface area contributed by atoms with Crippen LogP contribution in [0.3, 0.4) is 0 Å². The Bertz CT molecular complexity index is 437. The zero-order chi connectivity index (χ0) is 13.5. The molecule has 6 heteroatoms. The molecule has 0 aliphatic heterocycles. The Labute approximate surface area is 119 Å². The van der Waals surface area contributed by atoms with Gasteiger partial charge in [-0.2, -0.15) is 0 Å². The van der Waals surface area contributed by atoms with Crippen LogP contribution in [0.4, 0.5) is 0 Å². The first-order valence-corrected chi connectivity index (χ1v) is 6.56. The summed E-state index contributed by atoms with van der Waals surface area (Å²) in [5.41, 5.74) is 6.25. The highest BCUT2D eigenvalue weighted by Gasteiger charge is 2.15. The fourth-order valence-corrected chi connectivity index (χ4v) is 2.11. The fraction of sp³-hybridized carbons (Fsp3) is 0.333. The second kappa shape index (κ2) is 7.32. The van der Waals surface area contributed by atoms with Crippen LogP contribution in [0.25, 0.3) is 0 Å². The van der Waals surface area contributed by atoms with Crippen LogP contribution in [0.15, 0.2) is 24.3 Å². The minimum Gasteiger partial charge on any atom is -0.481 e. The van der Waals surface area contributed by atoms with Crippen LogP contribution in [-0.4, -0.2) is 23.0 Å². The minimum atomic E-state index is -0.933. The predicted molar refractivity (Wildman–Crippen MR) is 75.9 cm³/mol. The predicted octanol–water partition coefficient (Wildman–Crippen LogP) is 1.10. The van der Waals surface area contributed by atoms with Gasteiger partial charge in [0.2, 0.25) is 5.91 Å². The Morgan fingerprint density at radius 3 is 2.72 bits per heavy atom. The molecule has 1 aromatic rings. The molecule has 0 saturated carbocycles. The average molecular weight is 362 g/mol. The third kappa shape index (κ3) is 5.46. The molecular weight excluding hydrogens is 347 g/mol. The number of primary amides is 1. The van der Waals surface area contributed by atoms with E-state index in [4.69, 9.17) is 10.8 Å². The van der Waals surface area contributed by atoms with E-state index in [1.54, 1.807) is 0 Å². The van der Waals surface area contributed by atoms with Crippen molar-refractivity contribution in [1.82, 2.24) is 5.32 Å². The smallest absolute Gasteiger partial charge is 0.303 e. The highest BCUT2D eigenvalue weighted by Crippen LogP contribution is 2.08. The lowest BCUT2D eigenvalue weighted by molar-refractivity contribution is -0.137. The molecule has 4 N–H and O–H groups in total. The average Bonchev–Trinajstić information content (AvgIpc) is 2.28. The molecule has 0 aromatic heterocycles. The van der Waals surface area contributed by atoms with Crippen LogP contribution >= 0.6 is 22.6 Å². The van der Waals surface area contributed by atoms with Gasteiger partial charge >= 0.3 is 5.97 Å². The number of nitrogens with one attached hydrogen (secondary N) is 1. The topological polar surface area (TPSA) is 92.4 Å². The zero-order valence-electron chi connectivity index (χ0n) is 9.73. The Kier molecular flexibility index (Phi) is 6.06. The summed E-state index contributed by atoms with van der Waals surface area (Å²) in [7, 11) is 0. The zero-order valence-corrected chi connectivity index (χ0v) is 11.9. The van der Waals surface area contributed by atoms with E-state index in [1.807, 2.05) is 24.3 Å². The number of benzene rings is 1. The Hall–Kier alpha value is -1.15. The molecule has 0 radical (unpaired) electrons. The SMILES string of the molecule is NC(=O)[C@H](CCC(=O)O)NCc1cccc(I)c1. The number of hydrogen-bond donors (Lipinski definition) is 3. The summed E-state index contributed by atoms with van der Waals surface area (Å²) < 4.78 is 1.10. The van der Waals surface area contributed by atoms with Gasteiger partial charge in [-0.25, -0.2) is 0 Å². The lowest BCUT2D eigenvalue weighted by atomic mass is 10.1. The summed E-state index contributed by atoms with van der Waals surface area (Å²) in [6.45, 7) is 0.490. The summed E-state index contributed by atoms with van der Waals surface area (Å²) in [5, 5.41) is 11.6. The number of carboxylic acids is 1. The van der Waals surface area contributed by atoms with Crippen molar-refractivity contribution in [2.75, 3.05) is 0 Å². The number of carbonyl (C=O) groups excluding carboxylic acids is 1. The van der Waals surface area contributed by atoms with Gasteiger partial charge in [-0.15, -0.1) is 0 Å². The summed E-state index contributed by atoms with van der Waals surface area (Å²) >= 11 is 2.20. The van der Waals surface area contributed by atoms with Crippen LogP contribution in [0.2, 0.25) is 0 Å². The first kappa shape index (κ1) is 14.9. The summed E-state index contributed by atoms with van der Waals surface area (Å²) in [5.74, 6) is -1.46. The Morgan fingerprint density at radius 1 is 1.44 bits per heavy atom. The highest BCUT2D eigenvalue weighted by molar-refractivity contribution is 14.1. The molecule has 0 spiro atoms. The van der Waals surface area contributed by atoms with Crippen LogP contribution in [0.1, 0.15) is 18.4 Å². The van der Waals surface area contributed by atoms with Crippen molar-refractivity contribution in [2.45, 2.75) is 25.4 Å². The molecule has 0 aliphatic carbocycles. The van der Waals surface area contributed by atoms with Crippen LogP contribution < -0.4 is 11.1 Å². The second-order valence-corrected chi connectivity index (χ2v) is 5.14. The number of carboxylic acid groups (broad SMARTS) is 1. The van der Waals surface area contributed by atoms with E-state index in [0.29, 0.717) is 6.54 Å². The number of hydrogen-bond acceptors (Lipinski definition) is 3. The first-order valence-electron chi connectivity index (χ1n) is 5.48. The highest BCUT2D eigenvalue weighted by atomic mass is 127. The van der Waals surface area contributed by atoms with Gasteiger partial charge in [0, 0.05) is 16.5 Å². The van der Waals surface area contributed by atoms with Gasteiger partial charge < -0.3 is 16.2 Å². The van der Waals surface area contributed by atoms with Gasteiger partial charge in [-0.1, -0.05) is 12.1 Å². The number of nitrogens with two attached hydrogens (primary N) is 1. The van der Waals surface area contributed by atoms with E-state index < -0.39 is 17.9 Å². The van der Waals surface area contributed by atoms with Gasteiger partial charge in [0.05, 0.1) is 6.04 Å². The largest absolute Gasteiger partial charge is 0.481 e. The van der Waals surface area contributed by atoms with E-state index >= 15 is 0 Å². The lowest BCUT2D eigenvalue weighted by Crippen LogP contribution is -2.41. The molecule has 1 rings (SSSR count). The van der Waals surface area contributed by atoms with Crippen LogP contribution in [0.5, 0.6) is 0 Å². The summed E-state index contributed by atoms with van der Waals surface area (Å²) in [6.07, 6.45) is 0.127. The number of halogens is 1. The Morgan fingerprint density at radius 2 is 2.17 bits per heavy atom. The van der Waals surface area contributed by atoms with E-state index in [1.165, 1.54) is 0 Å². The molecule has 0 unspecified atom stereocenters. The molecule has 0 aliphatic rings. The number of amides is 1. The van der Waals surface area contributed by atoms with Gasteiger partial charge in [-0.3, -0.25) is 9.59 Å². The molecule has 0 saturated heterocycles. The molecular formula is C12H15IN2O3. The van der Waals surface area contributed by atoms with Crippen molar-refractivity contribution < 1.29 is 14.7 Å². The normalized spacial score (nSPS) is 12.1. The number of rotatable bonds is 7. The van der Waals surface area contributed by atoms with E-state index in [9.17, 15) is 9.59 Å². The first-order chi connectivity index (χ1) is 8.49. The molecule has 18 heavy (non-hydrogen) atoms. The maximum absolute atomic E-state index is 11.2. The summed E-state index contributed by atoms with van der Waals surface area (Å²) in [4.78, 5) is 21.6. The molecule has 0 bridgehead atoms. The van der Waals surface area contributed by atoms with Crippen molar-refractivity contribution in [3.05, 3.63) is 33.4 Å². The van der Waals surface area contributed by atoms with Gasteiger partial charge in [0.15, 0.2) is 0 Å². The second-order valence-electron chi connectivity index (χ2n) is 3.90. The van der Waals surface area contributed by atoms with Gasteiger partial charge in [-0.05, 0) is 46.7 Å². The molecule has 1 atom stereocenters. The monoisotopic (exact) mass is 362 g/mol. The van der Waals surface area contributed by atoms with E-state index in [2.05, 4.69) is 27.9 Å². The van der Waals surface area contributed by atoms with Gasteiger partial charge in [0.25, 0.3) is 0 Å². The quantitative estimate of drug-likeness (QED) is 0.634. The lowest BCUT2D eigenvalue weighted by Gasteiger charge is -2.14. The minimum absolute atomic E-state index is 0.0765. The van der Waals surface area contributed by atoms with Crippen LogP contribution in [-0.2, 0) is 16.1 Å². The fourth-order valence-electron chi connectivity index (χ4n) is 1.50. The maximum Gasteiger partial charge on any atom is 0.303 e. The van der Waals surface area contributed by atoms with E-state index in [-0.39, 0.29) is 12.8 Å². The van der Waals surface area contributed by atoms with Crippen molar-refractivity contribution in [3.63, 3.8) is 0 Å². The standard InChI is InChI=1S/C12H15IN2O3/c13-9-3-1-2-8(6-9)7-15-10(12(14)18)4-5-11(16)17/h1-3,6,10,15H,4-5,7H2,(H2,14,18)(H,16,17)/t10-/m0/s1. The van der Waals surface area contributed by atoms with Gasteiger partial charge in [0.1, 0.15) is 0 Å². The number of aliphatic carboxylic acids is 1. The third-order valence-corrected chi connectivity index (χ3v) is 3.10. The molecule has 5 nitrogen and oxygen atoms in total. The van der Waals surface area contributed by atoms with Crippen molar-refractivity contribution in [3.8, 4) is 0 Å². The van der Waals surface area contributed by atoms with Crippen molar-refractivity contribution >= 4 is 34.5 Å². The number of carbonyl (C=O) groups is 2. The van der Waals surface area contributed by atoms with Crippen molar-refractivity contribution in [2.24, 2.45) is 5.73 Å². The molecule has 1 amide bonds. The molecule has 98 valence electrons. The molecule has 0 heterocycles. The third-order valence-electron chi connectivity index (χ3n) is 2.43. The Balaban J connectivity index is 2.51. The van der Waals surface area contributed by atoms with Crippen molar-refractivity contribution in [1.29, 1.82) is 0 Å². The van der Waals surface area contributed by atoms with Crippen LogP contribution in [0, 0.1) is 3.57 Å².